The first-order chi connectivity index (χ1) is 12.8. The number of hydrogen-bond donors (Lipinski definition) is 1. The molecule has 2 unspecified atom stereocenters. The Balaban J connectivity index is 1.98. The molecule has 6 heteroatoms. The summed E-state index contributed by atoms with van der Waals surface area (Å²) in [5, 5.41) is 11.8. The van der Waals surface area contributed by atoms with Crippen molar-refractivity contribution in [1.82, 2.24) is 0 Å². The molecule has 1 heterocycles. The Hall–Kier alpha value is -1.89. The number of hydrogen-bond acceptors (Lipinski definition) is 3. The van der Waals surface area contributed by atoms with Gasteiger partial charge >= 0.3 is 6.18 Å². The summed E-state index contributed by atoms with van der Waals surface area (Å²) in [5.41, 5.74) is 0.575. The highest BCUT2D eigenvalue weighted by atomic mass is 19.4. The van der Waals surface area contributed by atoms with Gasteiger partial charge in [-0.1, -0.05) is 48.6 Å². The van der Waals surface area contributed by atoms with E-state index in [9.17, 15) is 18.3 Å². The topological polar surface area (TPSA) is 38.7 Å². The molecule has 1 aliphatic rings. The lowest BCUT2D eigenvalue weighted by Gasteiger charge is -2.36. The van der Waals surface area contributed by atoms with Crippen molar-refractivity contribution in [3.8, 4) is 0 Å². The van der Waals surface area contributed by atoms with E-state index in [0.717, 1.165) is 27.5 Å². The van der Waals surface area contributed by atoms with E-state index in [2.05, 4.69) is 6.58 Å². The molecule has 1 fully saturated rings. The molecule has 0 radical (unpaired) electrons. The van der Waals surface area contributed by atoms with Gasteiger partial charge in [-0.15, -0.1) is 0 Å². The zero-order chi connectivity index (χ0) is 21.0. The highest BCUT2D eigenvalue weighted by Crippen LogP contribution is 2.47. The van der Waals surface area contributed by atoms with Crippen molar-refractivity contribution in [2.24, 2.45) is 0 Å². The minimum absolute atomic E-state index is 0.353. The van der Waals surface area contributed by atoms with Crippen LogP contribution in [0.25, 0.3) is 16.3 Å². The lowest BCUT2D eigenvalue weighted by Crippen LogP contribution is -2.46. The predicted octanol–water partition coefficient (Wildman–Crippen LogP) is 5.55. The molecular formula is C22H25F3O3. The molecule has 0 bridgehead atoms. The molecule has 2 aromatic carbocycles. The molecule has 3 rings (SSSR count). The fourth-order valence-electron chi connectivity index (χ4n) is 4.01. The normalized spacial score (nSPS) is 26.0. The smallest absolute Gasteiger partial charge is 0.362 e. The van der Waals surface area contributed by atoms with Crippen molar-refractivity contribution in [3.63, 3.8) is 0 Å². The molecule has 0 aromatic heterocycles. The summed E-state index contributed by atoms with van der Waals surface area (Å²) in [6, 6.07) is 11.7. The fourth-order valence-corrected chi connectivity index (χ4v) is 4.01. The maximum Gasteiger partial charge on any atom is 0.443 e. The number of ether oxygens (including phenoxy) is 2. The first-order valence-electron chi connectivity index (χ1n) is 9.09. The summed E-state index contributed by atoms with van der Waals surface area (Å²) < 4.78 is 50.3. The van der Waals surface area contributed by atoms with Crippen LogP contribution in [0.15, 0.2) is 43.0 Å². The van der Waals surface area contributed by atoms with Gasteiger partial charge in [-0.2, -0.15) is 13.2 Å². The zero-order valence-electron chi connectivity index (χ0n) is 16.5. The minimum Gasteiger partial charge on any atom is -0.362 e. The van der Waals surface area contributed by atoms with Gasteiger partial charge in [0.25, 0.3) is 5.79 Å². The summed E-state index contributed by atoms with van der Waals surface area (Å²) in [6.07, 6.45) is -5.57. The quantitative estimate of drug-likeness (QED) is 0.738. The Bertz CT molecular complexity index is 919. The lowest BCUT2D eigenvalue weighted by molar-refractivity contribution is -0.349. The van der Waals surface area contributed by atoms with Crippen LogP contribution in [0.2, 0.25) is 0 Å². The van der Waals surface area contributed by atoms with Gasteiger partial charge in [0.05, 0.1) is 17.8 Å². The zero-order valence-corrected chi connectivity index (χ0v) is 16.5. The van der Waals surface area contributed by atoms with Gasteiger partial charge in [-0.05, 0) is 49.6 Å². The average molecular weight is 394 g/mol. The van der Waals surface area contributed by atoms with Crippen LogP contribution in [0.5, 0.6) is 0 Å². The molecule has 1 N–H and O–H groups in total. The van der Waals surface area contributed by atoms with Crippen LogP contribution >= 0.6 is 0 Å². The van der Waals surface area contributed by atoms with Crippen molar-refractivity contribution >= 4 is 16.3 Å². The Labute approximate surface area is 162 Å². The van der Waals surface area contributed by atoms with Crippen LogP contribution in [-0.4, -0.2) is 29.3 Å². The maximum atomic E-state index is 13.1. The Morgan fingerprint density at radius 1 is 1.14 bits per heavy atom. The molecular weight excluding hydrogens is 369 g/mol. The minimum atomic E-state index is -4.88. The van der Waals surface area contributed by atoms with Gasteiger partial charge in [0.15, 0.2) is 0 Å². The van der Waals surface area contributed by atoms with Crippen molar-refractivity contribution < 1.29 is 27.8 Å². The van der Waals surface area contributed by atoms with Crippen molar-refractivity contribution in [2.45, 2.75) is 57.3 Å². The molecule has 0 aliphatic carbocycles. The van der Waals surface area contributed by atoms with Crippen molar-refractivity contribution in [2.75, 3.05) is 6.61 Å². The summed E-state index contributed by atoms with van der Waals surface area (Å²) in [4.78, 5) is 0. The molecule has 2 atom stereocenters. The van der Waals surface area contributed by atoms with E-state index >= 15 is 0 Å². The fraction of sp³-hybridized carbons (Fsp3) is 0.455. The highest BCUT2D eigenvalue weighted by molar-refractivity contribution is 5.95. The van der Waals surface area contributed by atoms with Crippen LogP contribution in [0.3, 0.4) is 0 Å². The summed E-state index contributed by atoms with van der Waals surface area (Å²) in [6.45, 7) is 10.7. The van der Waals surface area contributed by atoms with E-state index in [1.165, 1.54) is 6.92 Å². The summed E-state index contributed by atoms with van der Waals surface area (Å²) >= 11 is 0. The first kappa shape index (κ1) is 20.8. The number of rotatable bonds is 4. The van der Waals surface area contributed by atoms with E-state index in [-0.39, 0.29) is 6.61 Å². The average Bonchev–Trinajstić information content (AvgIpc) is 2.88. The SMILES string of the molecule is C=C(C)c1cccc2c(C(C)(C)OC3(C)COC(O)(C(F)(F)F)C3)cccc12. The van der Waals surface area contributed by atoms with Gasteiger partial charge in [-0.25, -0.2) is 0 Å². The highest BCUT2D eigenvalue weighted by Gasteiger charge is 2.63. The van der Waals surface area contributed by atoms with Crippen LogP contribution in [0.1, 0.15) is 45.2 Å². The van der Waals surface area contributed by atoms with E-state index in [4.69, 9.17) is 9.47 Å². The first-order valence-corrected chi connectivity index (χ1v) is 9.09. The number of benzene rings is 2. The molecule has 28 heavy (non-hydrogen) atoms. The summed E-state index contributed by atoms with van der Waals surface area (Å²) in [5.74, 6) is -3.19. The maximum absolute atomic E-state index is 13.1. The number of allylic oxidation sites excluding steroid dienone is 1. The van der Waals surface area contributed by atoms with Gasteiger partial charge in [0.2, 0.25) is 0 Å². The van der Waals surface area contributed by atoms with Gasteiger partial charge in [-0.3, -0.25) is 0 Å². The Morgan fingerprint density at radius 3 is 2.32 bits per heavy atom. The van der Waals surface area contributed by atoms with Crippen LogP contribution in [-0.2, 0) is 15.1 Å². The molecule has 152 valence electrons. The number of fused-ring (bicyclic) bond motifs is 1. The largest absolute Gasteiger partial charge is 0.443 e. The molecule has 1 saturated heterocycles. The second-order valence-corrected chi connectivity index (χ2v) is 8.30. The molecule has 3 nitrogen and oxygen atoms in total. The third kappa shape index (κ3) is 3.56. The third-order valence-electron chi connectivity index (χ3n) is 5.20. The van der Waals surface area contributed by atoms with Crippen LogP contribution in [0.4, 0.5) is 13.2 Å². The third-order valence-corrected chi connectivity index (χ3v) is 5.20. The van der Waals surface area contributed by atoms with Crippen LogP contribution in [0, 0.1) is 0 Å². The second kappa shape index (κ2) is 6.58. The Morgan fingerprint density at radius 2 is 1.75 bits per heavy atom. The van der Waals surface area contributed by atoms with Crippen molar-refractivity contribution in [1.29, 1.82) is 0 Å². The summed E-state index contributed by atoms with van der Waals surface area (Å²) in [7, 11) is 0. The standard InChI is InChI=1S/C22H25F3O3/c1-14(2)15-8-6-10-17-16(15)9-7-11-18(17)19(3,4)28-20(5)12-21(26,27-13-20)22(23,24)25/h6-11,26H,1,12-13H2,2-5H3. The number of alkyl halides is 3. The number of halogens is 3. The van der Waals surface area contributed by atoms with E-state index in [1.54, 1.807) is 0 Å². The van der Waals surface area contributed by atoms with Gasteiger partial charge in [0, 0.05) is 6.42 Å². The van der Waals surface area contributed by atoms with E-state index in [0.29, 0.717) is 0 Å². The van der Waals surface area contributed by atoms with Gasteiger partial charge < -0.3 is 14.6 Å². The lowest BCUT2D eigenvalue weighted by atomic mass is 9.88. The molecule has 1 aliphatic heterocycles. The monoisotopic (exact) mass is 394 g/mol. The van der Waals surface area contributed by atoms with Crippen molar-refractivity contribution in [3.05, 3.63) is 54.1 Å². The van der Waals surface area contributed by atoms with Gasteiger partial charge in [0.1, 0.15) is 0 Å². The second-order valence-electron chi connectivity index (χ2n) is 8.30. The predicted molar refractivity (Wildman–Crippen MR) is 103 cm³/mol. The molecule has 0 spiro atoms. The van der Waals surface area contributed by atoms with Crippen LogP contribution < -0.4 is 0 Å². The molecule has 0 amide bonds. The van der Waals surface area contributed by atoms with E-state index < -0.39 is 29.6 Å². The number of aliphatic hydroxyl groups is 1. The van der Waals surface area contributed by atoms with E-state index in [1.807, 2.05) is 57.2 Å². The Kier molecular flexibility index (Phi) is 4.89. The molecule has 2 aromatic rings. The molecule has 0 saturated carbocycles.